The van der Waals surface area contributed by atoms with Crippen LogP contribution in [0.1, 0.15) is 6.92 Å². The van der Waals surface area contributed by atoms with E-state index in [4.69, 9.17) is 5.11 Å². The van der Waals surface area contributed by atoms with Crippen LogP contribution < -0.4 is 0 Å². The topological polar surface area (TPSA) is 37.3 Å². The number of carbonyl (C=O) groups excluding carboxylic acids is 1. The van der Waals surface area contributed by atoms with Crippen molar-refractivity contribution in [1.29, 1.82) is 0 Å². The van der Waals surface area contributed by atoms with Gasteiger partial charge in [0.15, 0.2) is 0 Å². The van der Waals surface area contributed by atoms with E-state index in [2.05, 4.69) is 22.0 Å². The SMILES string of the molecule is CC(=O)[C-]=C(Br)CO.[V]. The number of rotatable bonds is 2. The molecule has 0 aliphatic carbocycles. The standard InChI is InChI=1S/C5H6BrO2.V/c1-4(8)2-5(6)3-7;/h7H,3H2,1H3;/q-1;. The number of Topliss-reactive ketones (excluding diaryl/α,β-unsaturated/α-hetero) is 1. The predicted octanol–water partition coefficient (Wildman–Crippen LogP) is 0.647. The molecule has 0 aromatic rings. The molecule has 1 radical (unpaired) electrons. The Bertz CT molecular complexity index is 122. The Morgan fingerprint density at radius 3 is 2.33 bits per heavy atom. The molecule has 51 valence electrons. The van der Waals surface area contributed by atoms with Gasteiger partial charge in [-0.05, 0) is 12.7 Å². The fourth-order valence-corrected chi connectivity index (χ4v) is 0.510. The van der Waals surface area contributed by atoms with Crippen LogP contribution in [0.25, 0.3) is 0 Å². The second-order valence-electron chi connectivity index (χ2n) is 1.24. The van der Waals surface area contributed by atoms with E-state index < -0.39 is 0 Å². The molecule has 0 unspecified atom stereocenters. The quantitative estimate of drug-likeness (QED) is 0.557. The third kappa shape index (κ3) is 8.43. The molecule has 0 atom stereocenters. The molecule has 0 fully saturated rings. The van der Waals surface area contributed by atoms with E-state index in [1.165, 1.54) is 6.92 Å². The van der Waals surface area contributed by atoms with Crippen LogP contribution >= 0.6 is 15.9 Å². The second kappa shape index (κ2) is 6.55. The van der Waals surface area contributed by atoms with Crippen molar-refractivity contribution in [3.63, 3.8) is 0 Å². The van der Waals surface area contributed by atoms with Gasteiger partial charge < -0.3 is 16.0 Å². The van der Waals surface area contributed by atoms with E-state index >= 15 is 0 Å². The van der Waals surface area contributed by atoms with Gasteiger partial charge in [0.05, 0.1) is 0 Å². The Kier molecular flexibility index (Phi) is 8.84. The van der Waals surface area contributed by atoms with Gasteiger partial charge in [-0.2, -0.15) is 4.48 Å². The molecule has 0 amide bonds. The maximum Gasteiger partial charge on any atom is 0.0424 e. The van der Waals surface area contributed by atoms with Crippen molar-refractivity contribution in [1.82, 2.24) is 0 Å². The maximum absolute atomic E-state index is 10.1. The van der Waals surface area contributed by atoms with Gasteiger partial charge in [-0.1, -0.05) is 15.9 Å². The minimum atomic E-state index is -0.189. The van der Waals surface area contributed by atoms with Crippen molar-refractivity contribution in [3.05, 3.63) is 10.6 Å². The number of halogens is 1. The largest absolute Gasteiger partial charge is 0.414 e. The van der Waals surface area contributed by atoms with Crippen molar-refractivity contribution in [3.8, 4) is 0 Å². The Morgan fingerprint density at radius 1 is 1.78 bits per heavy atom. The molecule has 0 rings (SSSR count). The van der Waals surface area contributed by atoms with Gasteiger partial charge in [-0.15, -0.1) is 0 Å². The average Bonchev–Trinajstić information content (AvgIpc) is 1.65. The molecule has 9 heavy (non-hydrogen) atoms. The van der Waals surface area contributed by atoms with Crippen molar-refractivity contribution in [2.24, 2.45) is 0 Å². The van der Waals surface area contributed by atoms with Crippen LogP contribution in [0.4, 0.5) is 0 Å². The van der Waals surface area contributed by atoms with Crippen LogP contribution in [0.5, 0.6) is 0 Å². The van der Waals surface area contributed by atoms with E-state index in [1.807, 2.05) is 0 Å². The molecular formula is C5H6BrO2V-. The first-order chi connectivity index (χ1) is 3.66. The summed E-state index contributed by atoms with van der Waals surface area (Å²) in [5.41, 5.74) is 0. The van der Waals surface area contributed by atoms with Crippen LogP contribution in [-0.2, 0) is 23.4 Å². The summed E-state index contributed by atoms with van der Waals surface area (Å²) >= 11 is 2.91. The number of hydrogen-bond acceptors (Lipinski definition) is 2. The smallest absolute Gasteiger partial charge is 0.0424 e. The van der Waals surface area contributed by atoms with Gasteiger partial charge >= 0.3 is 0 Å². The third-order valence-corrected chi connectivity index (χ3v) is 0.900. The van der Waals surface area contributed by atoms with Gasteiger partial charge in [0.25, 0.3) is 0 Å². The van der Waals surface area contributed by atoms with Crippen molar-refractivity contribution in [2.75, 3.05) is 6.61 Å². The van der Waals surface area contributed by atoms with E-state index in [1.54, 1.807) is 0 Å². The molecule has 0 aromatic carbocycles. The molecule has 1 N–H and O–H groups in total. The Morgan fingerprint density at radius 2 is 2.22 bits per heavy atom. The molecule has 2 nitrogen and oxygen atoms in total. The van der Waals surface area contributed by atoms with Gasteiger partial charge in [0.1, 0.15) is 0 Å². The summed E-state index contributed by atoms with van der Waals surface area (Å²) in [5, 5.41) is 8.29. The average molecular weight is 229 g/mol. The first kappa shape index (κ1) is 12.1. The summed E-state index contributed by atoms with van der Waals surface area (Å²) in [6, 6.07) is 0. The summed E-state index contributed by atoms with van der Waals surface area (Å²) < 4.78 is 0.394. The number of hydrogen-bond donors (Lipinski definition) is 1. The minimum Gasteiger partial charge on any atom is -0.414 e. The first-order valence-corrected chi connectivity index (χ1v) is 2.86. The molecule has 4 heteroatoms. The molecule has 0 bridgehead atoms. The molecule has 0 heterocycles. The summed E-state index contributed by atoms with van der Waals surface area (Å²) in [5.74, 6) is -0.189. The molecule has 0 saturated heterocycles. The Hall–Kier alpha value is 0.434. The molecular weight excluding hydrogens is 223 g/mol. The van der Waals surface area contributed by atoms with Crippen molar-refractivity contribution < 1.29 is 28.5 Å². The molecule has 0 spiro atoms. The maximum atomic E-state index is 10.1. The van der Waals surface area contributed by atoms with Crippen LogP contribution in [0.3, 0.4) is 0 Å². The minimum absolute atomic E-state index is 0. The zero-order valence-corrected chi connectivity index (χ0v) is 7.87. The van der Waals surface area contributed by atoms with Crippen LogP contribution in [0, 0.1) is 6.08 Å². The van der Waals surface area contributed by atoms with Crippen molar-refractivity contribution >= 4 is 21.7 Å². The van der Waals surface area contributed by atoms with Crippen LogP contribution in [0.2, 0.25) is 0 Å². The zero-order valence-electron chi connectivity index (χ0n) is 4.89. The Balaban J connectivity index is 0. The summed E-state index contributed by atoms with van der Waals surface area (Å²) in [4.78, 5) is 10.1. The summed E-state index contributed by atoms with van der Waals surface area (Å²) in [7, 11) is 0. The Labute approximate surface area is 74.3 Å². The molecule has 0 aromatic heterocycles. The number of aliphatic hydroxyl groups is 1. The fourth-order valence-electron chi connectivity index (χ4n) is 0.231. The van der Waals surface area contributed by atoms with Crippen molar-refractivity contribution in [2.45, 2.75) is 6.92 Å². The van der Waals surface area contributed by atoms with Gasteiger partial charge in [0.2, 0.25) is 0 Å². The predicted molar refractivity (Wildman–Crippen MR) is 33.4 cm³/mol. The fraction of sp³-hybridized carbons (Fsp3) is 0.400. The monoisotopic (exact) mass is 228 g/mol. The number of allylic oxidation sites excluding steroid dienone is 1. The van der Waals surface area contributed by atoms with Gasteiger partial charge in [0, 0.05) is 25.2 Å². The second-order valence-corrected chi connectivity index (χ2v) is 2.20. The van der Waals surface area contributed by atoms with Gasteiger partial charge in [-0.3, -0.25) is 0 Å². The van der Waals surface area contributed by atoms with E-state index in [0.29, 0.717) is 4.48 Å². The summed E-state index contributed by atoms with van der Waals surface area (Å²) in [6.07, 6.45) is 2.34. The normalized spacial score (nSPS) is 10.3. The first-order valence-electron chi connectivity index (χ1n) is 2.06. The van der Waals surface area contributed by atoms with E-state index in [9.17, 15) is 4.79 Å². The third-order valence-electron chi connectivity index (χ3n) is 0.450. The number of carbonyl (C=O) groups is 1. The molecule has 0 aliphatic rings. The summed E-state index contributed by atoms with van der Waals surface area (Å²) in [6.45, 7) is 1.20. The number of ketones is 1. The van der Waals surface area contributed by atoms with E-state index in [0.717, 1.165) is 0 Å². The van der Waals surface area contributed by atoms with Crippen LogP contribution in [0.15, 0.2) is 4.48 Å². The molecule has 0 aliphatic heterocycles. The van der Waals surface area contributed by atoms with E-state index in [-0.39, 0.29) is 30.9 Å². The van der Waals surface area contributed by atoms with Gasteiger partial charge in [-0.25, -0.2) is 0 Å². The zero-order chi connectivity index (χ0) is 6.57. The van der Waals surface area contributed by atoms with Crippen LogP contribution in [-0.4, -0.2) is 17.5 Å². The number of aliphatic hydroxyl groups excluding tert-OH is 1. The molecule has 0 saturated carbocycles.